The summed E-state index contributed by atoms with van der Waals surface area (Å²) >= 11 is 3.70. The summed E-state index contributed by atoms with van der Waals surface area (Å²) in [6.45, 7) is 2.02. The van der Waals surface area contributed by atoms with E-state index in [1.165, 1.54) is 16.7 Å². The van der Waals surface area contributed by atoms with Crippen LogP contribution in [0, 0.1) is 6.92 Å². The second-order valence-corrected chi connectivity index (χ2v) is 7.04. The molecule has 0 radical (unpaired) electrons. The molecule has 0 bridgehead atoms. The molecule has 1 aromatic heterocycles. The highest BCUT2D eigenvalue weighted by molar-refractivity contribution is 9.10. The Morgan fingerprint density at radius 1 is 0.692 bits per heavy atom. The minimum absolute atomic E-state index is 0.510. The summed E-state index contributed by atoms with van der Waals surface area (Å²) in [5, 5.41) is 0. The highest BCUT2D eigenvalue weighted by Gasteiger charge is 2.39. The van der Waals surface area contributed by atoms with Crippen LogP contribution in [-0.4, -0.2) is 9.55 Å². The van der Waals surface area contributed by atoms with E-state index in [-0.39, 0.29) is 0 Å². The van der Waals surface area contributed by atoms with Gasteiger partial charge in [0.15, 0.2) is 4.73 Å². The van der Waals surface area contributed by atoms with Gasteiger partial charge in [0.05, 0.1) is 5.69 Å². The Labute approximate surface area is 162 Å². The smallest absolute Gasteiger partial charge is 0.178 e. The zero-order chi connectivity index (χ0) is 18.0. The molecule has 0 aliphatic heterocycles. The van der Waals surface area contributed by atoms with Crippen molar-refractivity contribution < 1.29 is 0 Å². The lowest BCUT2D eigenvalue weighted by molar-refractivity contribution is 0.504. The second-order valence-electron chi connectivity index (χ2n) is 6.33. The molecule has 3 aromatic carbocycles. The fourth-order valence-corrected chi connectivity index (χ4v) is 4.31. The summed E-state index contributed by atoms with van der Waals surface area (Å²) in [7, 11) is 0. The van der Waals surface area contributed by atoms with E-state index in [0.717, 1.165) is 10.4 Å². The van der Waals surface area contributed by atoms with Crippen LogP contribution in [0.5, 0.6) is 0 Å². The first kappa shape index (κ1) is 16.8. The summed E-state index contributed by atoms with van der Waals surface area (Å²) in [5.41, 5.74) is 4.04. The summed E-state index contributed by atoms with van der Waals surface area (Å²) in [5.74, 6) is 0. The molecule has 128 valence electrons. The molecule has 4 aromatic rings. The van der Waals surface area contributed by atoms with Crippen molar-refractivity contribution in [1.82, 2.24) is 9.55 Å². The number of hydrogen-bond donors (Lipinski definition) is 0. The molecule has 0 saturated heterocycles. The fraction of sp³-hybridized carbons (Fsp3) is 0.0870. The van der Waals surface area contributed by atoms with E-state index in [2.05, 4.69) is 123 Å². The predicted molar refractivity (Wildman–Crippen MR) is 109 cm³/mol. The summed E-state index contributed by atoms with van der Waals surface area (Å²) in [6, 6.07) is 31.8. The van der Waals surface area contributed by atoms with Crippen molar-refractivity contribution in [3.63, 3.8) is 0 Å². The number of rotatable bonds is 4. The first-order chi connectivity index (χ1) is 12.7. The average molecular weight is 403 g/mol. The standard InChI is InChI=1S/C23H19BrN2/c1-18-17-26(22(24)25-18)23(19-11-5-2-6-12-19,20-13-7-3-8-14-20)21-15-9-4-10-16-21/h2-17H,1H3. The van der Waals surface area contributed by atoms with Crippen LogP contribution in [0.4, 0.5) is 0 Å². The summed E-state index contributed by atoms with van der Waals surface area (Å²) < 4.78 is 3.04. The number of aromatic nitrogens is 2. The normalized spacial score (nSPS) is 11.5. The Morgan fingerprint density at radius 2 is 1.08 bits per heavy atom. The zero-order valence-electron chi connectivity index (χ0n) is 14.5. The predicted octanol–water partition coefficient (Wildman–Crippen LogP) is 5.79. The van der Waals surface area contributed by atoms with E-state index < -0.39 is 5.54 Å². The molecule has 26 heavy (non-hydrogen) atoms. The van der Waals surface area contributed by atoms with E-state index in [0.29, 0.717) is 0 Å². The third-order valence-corrected chi connectivity index (χ3v) is 5.28. The summed E-state index contributed by atoms with van der Waals surface area (Å²) in [4.78, 5) is 4.63. The van der Waals surface area contributed by atoms with Gasteiger partial charge in [-0.25, -0.2) is 4.98 Å². The quantitative estimate of drug-likeness (QED) is 0.394. The van der Waals surface area contributed by atoms with Crippen molar-refractivity contribution in [3.05, 3.63) is 124 Å². The molecular formula is C23H19BrN2. The minimum Gasteiger partial charge on any atom is -0.307 e. The SMILES string of the molecule is Cc1cn(C(c2ccccc2)(c2ccccc2)c2ccccc2)c(Br)n1. The van der Waals surface area contributed by atoms with E-state index in [4.69, 9.17) is 0 Å². The molecular weight excluding hydrogens is 384 g/mol. The van der Waals surface area contributed by atoms with Crippen LogP contribution in [0.1, 0.15) is 22.4 Å². The number of imidazole rings is 1. The monoisotopic (exact) mass is 402 g/mol. The molecule has 0 amide bonds. The first-order valence-corrected chi connectivity index (χ1v) is 9.41. The third kappa shape index (κ3) is 2.69. The topological polar surface area (TPSA) is 17.8 Å². The first-order valence-electron chi connectivity index (χ1n) is 8.61. The lowest BCUT2D eigenvalue weighted by atomic mass is 9.77. The Morgan fingerprint density at radius 3 is 1.38 bits per heavy atom. The number of benzene rings is 3. The van der Waals surface area contributed by atoms with Crippen molar-refractivity contribution in [1.29, 1.82) is 0 Å². The van der Waals surface area contributed by atoms with E-state index >= 15 is 0 Å². The highest BCUT2D eigenvalue weighted by atomic mass is 79.9. The fourth-order valence-electron chi connectivity index (χ4n) is 3.66. The van der Waals surface area contributed by atoms with E-state index in [1.807, 2.05) is 6.92 Å². The molecule has 0 N–H and O–H groups in total. The lowest BCUT2D eigenvalue weighted by Crippen LogP contribution is -2.37. The van der Waals surface area contributed by atoms with Crippen molar-refractivity contribution in [2.75, 3.05) is 0 Å². The minimum atomic E-state index is -0.510. The van der Waals surface area contributed by atoms with Gasteiger partial charge in [0, 0.05) is 6.20 Å². The Hall–Kier alpha value is -2.65. The number of nitrogens with zero attached hydrogens (tertiary/aromatic N) is 2. The van der Waals surface area contributed by atoms with Gasteiger partial charge in [0.25, 0.3) is 0 Å². The number of halogens is 1. The molecule has 0 atom stereocenters. The Kier molecular flexibility index (Phi) is 4.48. The number of hydrogen-bond acceptors (Lipinski definition) is 1. The van der Waals surface area contributed by atoms with Gasteiger partial charge in [-0.05, 0) is 39.5 Å². The maximum absolute atomic E-state index is 4.63. The molecule has 2 nitrogen and oxygen atoms in total. The highest BCUT2D eigenvalue weighted by Crippen LogP contribution is 2.42. The molecule has 0 fully saturated rings. The van der Waals surface area contributed by atoms with E-state index in [1.54, 1.807) is 0 Å². The number of aryl methyl sites for hydroxylation is 1. The van der Waals surface area contributed by atoms with Gasteiger partial charge >= 0.3 is 0 Å². The van der Waals surface area contributed by atoms with Crippen LogP contribution in [0.3, 0.4) is 0 Å². The van der Waals surface area contributed by atoms with Gasteiger partial charge in [0.2, 0.25) is 0 Å². The Balaban J connectivity index is 2.16. The van der Waals surface area contributed by atoms with Gasteiger partial charge in [-0.2, -0.15) is 0 Å². The molecule has 0 spiro atoms. The van der Waals surface area contributed by atoms with Crippen LogP contribution in [-0.2, 0) is 5.54 Å². The van der Waals surface area contributed by atoms with Crippen molar-refractivity contribution in [3.8, 4) is 0 Å². The molecule has 3 heteroatoms. The average Bonchev–Trinajstić information content (AvgIpc) is 3.03. The van der Waals surface area contributed by atoms with Gasteiger partial charge in [-0.1, -0.05) is 91.0 Å². The Bertz CT molecular complexity index is 896. The van der Waals surface area contributed by atoms with Gasteiger partial charge in [-0.15, -0.1) is 0 Å². The van der Waals surface area contributed by atoms with Crippen molar-refractivity contribution >= 4 is 15.9 Å². The van der Waals surface area contributed by atoms with Crippen molar-refractivity contribution in [2.45, 2.75) is 12.5 Å². The van der Waals surface area contributed by atoms with Crippen LogP contribution in [0.2, 0.25) is 0 Å². The molecule has 0 aliphatic rings. The van der Waals surface area contributed by atoms with E-state index in [9.17, 15) is 0 Å². The zero-order valence-corrected chi connectivity index (χ0v) is 16.1. The third-order valence-electron chi connectivity index (χ3n) is 4.72. The van der Waals surface area contributed by atoms with Crippen molar-refractivity contribution in [2.24, 2.45) is 0 Å². The van der Waals surface area contributed by atoms with Gasteiger partial charge < -0.3 is 4.57 Å². The maximum Gasteiger partial charge on any atom is 0.178 e. The van der Waals surface area contributed by atoms with Gasteiger partial charge in [0.1, 0.15) is 5.54 Å². The van der Waals surface area contributed by atoms with Crippen LogP contribution in [0.25, 0.3) is 0 Å². The lowest BCUT2D eigenvalue weighted by Gasteiger charge is -2.37. The molecule has 1 heterocycles. The second kappa shape index (κ2) is 6.93. The summed E-state index contributed by atoms with van der Waals surface area (Å²) in [6.07, 6.45) is 2.11. The van der Waals surface area contributed by atoms with Crippen LogP contribution in [0.15, 0.2) is 102 Å². The maximum atomic E-state index is 4.63. The molecule has 0 saturated carbocycles. The largest absolute Gasteiger partial charge is 0.307 e. The van der Waals surface area contributed by atoms with Crippen LogP contribution >= 0.6 is 15.9 Å². The molecule has 0 aliphatic carbocycles. The molecule has 4 rings (SSSR count). The van der Waals surface area contributed by atoms with Gasteiger partial charge in [-0.3, -0.25) is 0 Å². The molecule has 0 unspecified atom stereocenters. The van der Waals surface area contributed by atoms with Crippen LogP contribution < -0.4 is 0 Å².